The molecule has 0 rings (SSSR count). The van der Waals surface area contributed by atoms with Crippen LogP contribution in [0.5, 0.6) is 0 Å². The lowest BCUT2D eigenvalue weighted by atomic mass is 10.0. The van der Waals surface area contributed by atoms with Gasteiger partial charge in [-0.2, -0.15) is 0 Å². The molecule has 0 fully saturated rings. The Labute approximate surface area is 101 Å². The fourth-order valence-corrected chi connectivity index (χ4v) is 1.44. The van der Waals surface area contributed by atoms with Gasteiger partial charge in [-0.15, -0.1) is 0 Å². The summed E-state index contributed by atoms with van der Waals surface area (Å²) in [6.07, 6.45) is -1.02. The summed E-state index contributed by atoms with van der Waals surface area (Å²) in [7, 11) is 0. The van der Waals surface area contributed by atoms with Crippen molar-refractivity contribution in [2.24, 2.45) is 0 Å². The quantitative estimate of drug-likeness (QED) is 0.236. The monoisotopic (exact) mass is 249 g/mol. The number of rotatable bonds is 10. The smallest absolute Gasteiger partial charge is 0.139 e. The molecule has 5 N–H and O–H groups in total. The van der Waals surface area contributed by atoms with Crippen molar-refractivity contribution in [1.29, 1.82) is 0 Å². The molecule has 17 heavy (non-hydrogen) atoms. The van der Waals surface area contributed by atoms with Crippen molar-refractivity contribution >= 4 is 6.29 Å². The van der Waals surface area contributed by atoms with Crippen LogP contribution in [-0.4, -0.2) is 64.2 Å². The molecular formula is C11H23NO5. The van der Waals surface area contributed by atoms with Gasteiger partial charge >= 0.3 is 0 Å². The molecule has 0 aliphatic heterocycles. The molecule has 0 aliphatic rings. The van der Waals surface area contributed by atoms with E-state index in [1.807, 2.05) is 6.92 Å². The lowest BCUT2D eigenvalue weighted by molar-refractivity contribution is -0.120. The van der Waals surface area contributed by atoms with E-state index in [0.29, 0.717) is 12.8 Å². The van der Waals surface area contributed by atoms with E-state index in [0.717, 1.165) is 19.3 Å². The molecule has 0 radical (unpaired) electrons. The number of hydrogen-bond donors (Lipinski definition) is 5. The second-order valence-electron chi connectivity index (χ2n) is 4.05. The third-order valence-corrected chi connectivity index (χ3v) is 2.61. The predicted molar refractivity (Wildman–Crippen MR) is 62.5 cm³/mol. The minimum absolute atomic E-state index is 0.490. The Hall–Kier alpha value is -0.530. The standard InChI is InChI=1S/C11H23NO5/c1-2-3-4-5-12-8(6-13)10(16)11(17)9(15)7-14/h6,8-12,14-17H,2-5,7H2,1H3. The molecular weight excluding hydrogens is 226 g/mol. The van der Waals surface area contributed by atoms with E-state index in [1.54, 1.807) is 0 Å². The van der Waals surface area contributed by atoms with Crippen LogP contribution in [0, 0.1) is 0 Å². The number of aliphatic hydroxyl groups excluding tert-OH is 4. The summed E-state index contributed by atoms with van der Waals surface area (Å²) in [4.78, 5) is 10.7. The first-order chi connectivity index (χ1) is 8.08. The van der Waals surface area contributed by atoms with Gasteiger partial charge in [-0.3, -0.25) is 0 Å². The predicted octanol–water partition coefficient (Wildman–Crippen LogP) is -1.59. The number of aliphatic hydroxyl groups is 4. The van der Waals surface area contributed by atoms with E-state index in [2.05, 4.69) is 5.32 Å². The summed E-state index contributed by atoms with van der Waals surface area (Å²) < 4.78 is 0. The summed E-state index contributed by atoms with van der Waals surface area (Å²) >= 11 is 0. The number of hydrogen-bond acceptors (Lipinski definition) is 6. The first-order valence-electron chi connectivity index (χ1n) is 5.92. The van der Waals surface area contributed by atoms with Crippen molar-refractivity contribution in [2.75, 3.05) is 13.2 Å². The molecule has 0 aromatic carbocycles. The van der Waals surface area contributed by atoms with Crippen LogP contribution in [0.1, 0.15) is 26.2 Å². The second kappa shape index (κ2) is 9.49. The first-order valence-corrected chi connectivity index (χ1v) is 5.92. The van der Waals surface area contributed by atoms with Crippen LogP contribution in [0.15, 0.2) is 0 Å². The normalized spacial score (nSPS) is 18.4. The highest BCUT2D eigenvalue weighted by Crippen LogP contribution is 2.04. The zero-order valence-electron chi connectivity index (χ0n) is 10.1. The Balaban J connectivity index is 4.10. The maximum atomic E-state index is 10.7. The molecule has 6 nitrogen and oxygen atoms in total. The Bertz CT molecular complexity index is 202. The molecule has 0 saturated carbocycles. The Morgan fingerprint density at radius 3 is 2.29 bits per heavy atom. The lowest BCUT2D eigenvalue weighted by Gasteiger charge is -2.26. The molecule has 102 valence electrons. The van der Waals surface area contributed by atoms with Crippen molar-refractivity contribution in [3.8, 4) is 0 Å². The molecule has 0 bridgehead atoms. The Morgan fingerprint density at radius 2 is 1.82 bits per heavy atom. The molecule has 0 saturated heterocycles. The molecule has 6 heteroatoms. The topological polar surface area (TPSA) is 110 Å². The highest BCUT2D eigenvalue weighted by atomic mass is 16.4. The molecule has 0 aliphatic carbocycles. The van der Waals surface area contributed by atoms with Crippen molar-refractivity contribution < 1.29 is 25.2 Å². The van der Waals surface area contributed by atoms with Gasteiger partial charge < -0.3 is 30.5 Å². The first kappa shape index (κ1) is 16.5. The van der Waals surface area contributed by atoms with Gasteiger partial charge in [0.15, 0.2) is 0 Å². The Kier molecular flexibility index (Phi) is 9.20. The van der Waals surface area contributed by atoms with E-state index in [9.17, 15) is 15.0 Å². The van der Waals surface area contributed by atoms with E-state index in [-0.39, 0.29) is 0 Å². The maximum absolute atomic E-state index is 10.7. The molecule has 0 heterocycles. The summed E-state index contributed by atoms with van der Waals surface area (Å²) in [5.41, 5.74) is 0. The summed E-state index contributed by atoms with van der Waals surface area (Å²) in [6.45, 7) is 1.93. The van der Waals surface area contributed by atoms with Gasteiger partial charge in [0.25, 0.3) is 0 Å². The highest BCUT2D eigenvalue weighted by molar-refractivity contribution is 5.58. The lowest BCUT2D eigenvalue weighted by Crippen LogP contribution is -2.52. The van der Waals surface area contributed by atoms with E-state index in [4.69, 9.17) is 10.2 Å². The molecule has 0 spiro atoms. The van der Waals surface area contributed by atoms with Crippen LogP contribution < -0.4 is 5.32 Å². The average molecular weight is 249 g/mol. The fourth-order valence-electron chi connectivity index (χ4n) is 1.44. The average Bonchev–Trinajstić information content (AvgIpc) is 2.36. The van der Waals surface area contributed by atoms with Gasteiger partial charge in [0, 0.05) is 0 Å². The number of aldehydes is 1. The molecule has 0 amide bonds. The van der Waals surface area contributed by atoms with Crippen LogP contribution in [0.2, 0.25) is 0 Å². The minimum Gasteiger partial charge on any atom is -0.394 e. The van der Waals surface area contributed by atoms with Crippen LogP contribution in [-0.2, 0) is 4.79 Å². The van der Waals surface area contributed by atoms with Crippen LogP contribution in [0.3, 0.4) is 0 Å². The zero-order chi connectivity index (χ0) is 13.3. The van der Waals surface area contributed by atoms with Crippen LogP contribution in [0.4, 0.5) is 0 Å². The summed E-state index contributed by atoms with van der Waals surface area (Å²) in [5, 5.41) is 39.6. The maximum Gasteiger partial charge on any atom is 0.139 e. The number of carbonyl (C=O) groups is 1. The highest BCUT2D eigenvalue weighted by Gasteiger charge is 2.30. The number of unbranched alkanes of at least 4 members (excludes halogenated alkanes) is 2. The van der Waals surface area contributed by atoms with Gasteiger partial charge in [0.1, 0.15) is 24.6 Å². The van der Waals surface area contributed by atoms with Gasteiger partial charge in [-0.25, -0.2) is 0 Å². The van der Waals surface area contributed by atoms with E-state index in [1.165, 1.54) is 0 Å². The molecule has 4 atom stereocenters. The van der Waals surface area contributed by atoms with Gasteiger partial charge in [-0.1, -0.05) is 19.8 Å². The molecule has 4 unspecified atom stereocenters. The summed E-state index contributed by atoms with van der Waals surface area (Å²) in [5.74, 6) is 0. The van der Waals surface area contributed by atoms with Crippen LogP contribution >= 0.6 is 0 Å². The minimum atomic E-state index is -1.55. The van der Waals surface area contributed by atoms with Crippen LogP contribution in [0.25, 0.3) is 0 Å². The third kappa shape index (κ3) is 6.09. The zero-order valence-corrected chi connectivity index (χ0v) is 10.1. The molecule has 0 aromatic rings. The van der Waals surface area contributed by atoms with Crippen molar-refractivity contribution in [2.45, 2.75) is 50.5 Å². The van der Waals surface area contributed by atoms with Crippen molar-refractivity contribution in [3.63, 3.8) is 0 Å². The van der Waals surface area contributed by atoms with Gasteiger partial charge in [0.05, 0.1) is 12.6 Å². The van der Waals surface area contributed by atoms with Crippen molar-refractivity contribution in [1.82, 2.24) is 5.32 Å². The van der Waals surface area contributed by atoms with Gasteiger partial charge in [-0.05, 0) is 13.0 Å². The molecule has 0 aromatic heterocycles. The Morgan fingerprint density at radius 1 is 1.18 bits per heavy atom. The largest absolute Gasteiger partial charge is 0.394 e. The number of nitrogens with one attached hydrogen (secondary N) is 1. The van der Waals surface area contributed by atoms with Crippen molar-refractivity contribution in [3.05, 3.63) is 0 Å². The third-order valence-electron chi connectivity index (χ3n) is 2.61. The SMILES string of the molecule is CCCCCNC(C=O)C(O)C(O)C(O)CO. The van der Waals surface area contributed by atoms with Gasteiger partial charge in [0.2, 0.25) is 0 Å². The van der Waals surface area contributed by atoms with E-state index < -0.39 is 31.0 Å². The fraction of sp³-hybridized carbons (Fsp3) is 0.909. The number of carbonyl (C=O) groups excluding carboxylic acids is 1. The second-order valence-corrected chi connectivity index (χ2v) is 4.05. The van der Waals surface area contributed by atoms with E-state index >= 15 is 0 Å². The summed E-state index contributed by atoms with van der Waals surface area (Å²) in [6, 6.07) is -0.942.